The van der Waals surface area contributed by atoms with Crippen LogP contribution in [0.15, 0.2) is 12.1 Å². The zero-order valence-corrected chi connectivity index (χ0v) is 11.9. The van der Waals surface area contributed by atoms with E-state index in [1.54, 1.807) is 19.2 Å². The summed E-state index contributed by atoms with van der Waals surface area (Å²) in [5, 5.41) is 1.04. The van der Waals surface area contributed by atoms with Crippen molar-refractivity contribution in [3.8, 4) is 0 Å². The Morgan fingerprint density at radius 2 is 2.06 bits per heavy atom. The Balaban J connectivity index is 1.89. The van der Waals surface area contributed by atoms with Crippen LogP contribution in [0.1, 0.15) is 31.4 Å². The number of hydrogen-bond acceptors (Lipinski definition) is 3. The smallest absolute Gasteiger partial charge is 0.129 e. The molecule has 1 aromatic heterocycles. The second kappa shape index (κ2) is 6.71. The summed E-state index contributed by atoms with van der Waals surface area (Å²) in [6.07, 6.45) is 4.80. The second-order valence-electron chi connectivity index (χ2n) is 4.52. The predicted octanol–water partition coefficient (Wildman–Crippen LogP) is 3.86. The fourth-order valence-electron chi connectivity index (χ4n) is 2.22. The molecule has 0 amide bonds. The molecule has 18 heavy (non-hydrogen) atoms. The summed E-state index contributed by atoms with van der Waals surface area (Å²) in [6, 6.07) is 3.42. The minimum Gasteiger partial charge on any atom is -0.381 e. The van der Waals surface area contributed by atoms with Gasteiger partial charge in [-0.25, -0.2) is 4.98 Å². The minimum absolute atomic E-state index is 0.223. The highest BCUT2D eigenvalue weighted by Gasteiger charge is 2.22. The van der Waals surface area contributed by atoms with E-state index in [1.807, 2.05) is 0 Å². The van der Waals surface area contributed by atoms with Crippen LogP contribution in [0.4, 0.5) is 0 Å². The van der Waals surface area contributed by atoms with Crippen molar-refractivity contribution in [2.24, 2.45) is 0 Å². The van der Waals surface area contributed by atoms with Gasteiger partial charge in [-0.15, -0.1) is 0 Å². The van der Waals surface area contributed by atoms with E-state index in [0.717, 1.165) is 25.7 Å². The van der Waals surface area contributed by atoms with Gasteiger partial charge in [0.1, 0.15) is 5.15 Å². The fraction of sp³-hybridized carbons (Fsp3) is 0.615. The second-order valence-corrected chi connectivity index (χ2v) is 5.31. The molecule has 2 rings (SSSR count). The number of nitrogens with zero attached hydrogens (tertiary/aromatic N) is 1. The number of aromatic nitrogens is 1. The summed E-state index contributed by atoms with van der Waals surface area (Å²) in [6.45, 7) is 0.403. The Labute approximate surface area is 117 Å². The molecule has 0 saturated heterocycles. The summed E-state index contributed by atoms with van der Waals surface area (Å²) >= 11 is 11.9. The average molecular weight is 290 g/mol. The van der Waals surface area contributed by atoms with Gasteiger partial charge in [-0.3, -0.25) is 0 Å². The number of halogens is 2. The van der Waals surface area contributed by atoms with Crippen LogP contribution in [-0.2, 0) is 16.1 Å². The lowest BCUT2D eigenvalue weighted by Crippen LogP contribution is -2.27. The maximum atomic E-state index is 6.04. The van der Waals surface area contributed by atoms with Crippen LogP contribution < -0.4 is 0 Å². The van der Waals surface area contributed by atoms with Gasteiger partial charge in [-0.1, -0.05) is 23.2 Å². The lowest BCUT2D eigenvalue weighted by atomic mass is 9.95. The number of pyridine rings is 1. The van der Waals surface area contributed by atoms with Crippen LogP contribution in [0.3, 0.4) is 0 Å². The van der Waals surface area contributed by atoms with Gasteiger partial charge in [0, 0.05) is 7.11 Å². The van der Waals surface area contributed by atoms with E-state index in [4.69, 9.17) is 32.7 Å². The van der Waals surface area contributed by atoms with Crippen molar-refractivity contribution in [2.75, 3.05) is 7.11 Å². The zero-order chi connectivity index (χ0) is 13.0. The van der Waals surface area contributed by atoms with Crippen molar-refractivity contribution in [3.63, 3.8) is 0 Å². The molecule has 1 heterocycles. The quantitative estimate of drug-likeness (QED) is 0.789. The molecule has 5 heteroatoms. The van der Waals surface area contributed by atoms with E-state index in [-0.39, 0.29) is 6.10 Å². The molecule has 3 nitrogen and oxygen atoms in total. The molecule has 0 N–H and O–H groups in total. The number of hydrogen-bond donors (Lipinski definition) is 0. The molecule has 2 unspecified atom stereocenters. The Morgan fingerprint density at radius 3 is 2.83 bits per heavy atom. The van der Waals surface area contributed by atoms with E-state index < -0.39 is 0 Å². The van der Waals surface area contributed by atoms with Crippen molar-refractivity contribution in [1.29, 1.82) is 0 Å². The van der Waals surface area contributed by atoms with Gasteiger partial charge < -0.3 is 9.47 Å². The summed E-state index contributed by atoms with van der Waals surface area (Å²) in [5.41, 5.74) is 0.698. The predicted molar refractivity (Wildman–Crippen MR) is 72.1 cm³/mol. The van der Waals surface area contributed by atoms with E-state index in [2.05, 4.69) is 4.98 Å². The average Bonchev–Trinajstić information content (AvgIpc) is 2.40. The van der Waals surface area contributed by atoms with E-state index in [0.29, 0.717) is 28.6 Å². The zero-order valence-electron chi connectivity index (χ0n) is 10.4. The van der Waals surface area contributed by atoms with Crippen molar-refractivity contribution in [3.05, 3.63) is 28.0 Å². The van der Waals surface area contributed by atoms with E-state index in [9.17, 15) is 0 Å². The molecule has 1 saturated carbocycles. The fourth-order valence-corrected chi connectivity index (χ4v) is 2.55. The summed E-state index contributed by atoms with van der Waals surface area (Å²) in [7, 11) is 1.75. The molecule has 1 fully saturated rings. The van der Waals surface area contributed by atoms with Crippen LogP contribution in [-0.4, -0.2) is 24.3 Å². The number of methoxy groups -OCH3 is 1. The highest BCUT2D eigenvalue weighted by Crippen LogP contribution is 2.25. The first-order chi connectivity index (χ1) is 8.69. The van der Waals surface area contributed by atoms with Gasteiger partial charge in [-0.05, 0) is 37.8 Å². The molecule has 1 aromatic rings. The van der Waals surface area contributed by atoms with Crippen LogP contribution >= 0.6 is 23.2 Å². The van der Waals surface area contributed by atoms with Crippen molar-refractivity contribution in [1.82, 2.24) is 4.98 Å². The maximum absolute atomic E-state index is 6.04. The van der Waals surface area contributed by atoms with Crippen LogP contribution in [0.25, 0.3) is 0 Å². The van der Waals surface area contributed by atoms with Gasteiger partial charge in [0.25, 0.3) is 0 Å². The number of rotatable bonds is 4. The van der Waals surface area contributed by atoms with Crippen molar-refractivity contribution < 1.29 is 9.47 Å². The topological polar surface area (TPSA) is 31.4 Å². The molecule has 0 radical (unpaired) electrons. The summed E-state index contributed by atoms with van der Waals surface area (Å²) in [5.74, 6) is 0. The van der Waals surface area contributed by atoms with Gasteiger partial charge in [0.05, 0.1) is 29.5 Å². The molecule has 100 valence electrons. The Bertz CT molecular complexity index is 401. The Morgan fingerprint density at radius 1 is 1.28 bits per heavy atom. The molecule has 1 aliphatic carbocycles. The molecule has 2 atom stereocenters. The van der Waals surface area contributed by atoms with Gasteiger partial charge in [-0.2, -0.15) is 0 Å². The third-order valence-electron chi connectivity index (χ3n) is 3.25. The van der Waals surface area contributed by atoms with Gasteiger partial charge in [0.15, 0.2) is 0 Å². The maximum Gasteiger partial charge on any atom is 0.129 e. The Kier molecular flexibility index (Phi) is 5.25. The number of ether oxygens (including phenoxy) is 2. The van der Waals surface area contributed by atoms with E-state index >= 15 is 0 Å². The lowest BCUT2D eigenvalue weighted by Gasteiger charge is -2.28. The largest absolute Gasteiger partial charge is 0.381 e. The molecule has 0 aromatic carbocycles. The molecule has 0 spiro atoms. The standard InChI is InChI=1S/C13H17Cl2NO2/c1-17-9-3-2-4-10(7-9)18-8-12-11(14)5-6-13(15)16-12/h5-6,9-10H,2-4,7-8H2,1H3. The minimum atomic E-state index is 0.223. The van der Waals surface area contributed by atoms with Gasteiger partial charge in [0.2, 0.25) is 0 Å². The molecular weight excluding hydrogens is 273 g/mol. The van der Waals surface area contributed by atoms with E-state index in [1.165, 1.54) is 0 Å². The normalized spacial score (nSPS) is 24.2. The summed E-state index contributed by atoms with van der Waals surface area (Å²) < 4.78 is 11.2. The van der Waals surface area contributed by atoms with Crippen molar-refractivity contribution >= 4 is 23.2 Å². The first-order valence-electron chi connectivity index (χ1n) is 6.14. The SMILES string of the molecule is COC1CCCC(OCc2nc(Cl)ccc2Cl)C1. The van der Waals surface area contributed by atoms with Crippen LogP contribution in [0.2, 0.25) is 10.2 Å². The first-order valence-corrected chi connectivity index (χ1v) is 6.90. The van der Waals surface area contributed by atoms with Crippen LogP contribution in [0, 0.1) is 0 Å². The first kappa shape index (κ1) is 14.1. The highest BCUT2D eigenvalue weighted by molar-refractivity contribution is 6.32. The summed E-state index contributed by atoms with van der Waals surface area (Å²) in [4.78, 5) is 4.17. The lowest BCUT2D eigenvalue weighted by molar-refractivity contribution is -0.0371. The monoisotopic (exact) mass is 289 g/mol. The van der Waals surface area contributed by atoms with Crippen LogP contribution in [0.5, 0.6) is 0 Å². The molecule has 0 aliphatic heterocycles. The van der Waals surface area contributed by atoms with Crippen molar-refractivity contribution in [2.45, 2.75) is 44.5 Å². The molecule has 1 aliphatic rings. The third-order valence-corrected chi connectivity index (χ3v) is 3.81. The van der Waals surface area contributed by atoms with Gasteiger partial charge >= 0.3 is 0 Å². The Hall–Kier alpha value is -0.350. The highest BCUT2D eigenvalue weighted by atomic mass is 35.5. The molecule has 0 bridgehead atoms. The third kappa shape index (κ3) is 3.82. The molecular formula is C13H17Cl2NO2.